The van der Waals surface area contributed by atoms with E-state index in [4.69, 9.17) is 5.11 Å². The molecular weight excluding hydrogens is 285 g/mol. The number of hydrogen-bond acceptors (Lipinski definition) is 3. The summed E-state index contributed by atoms with van der Waals surface area (Å²) in [5.41, 5.74) is 0.270. The second-order valence-corrected chi connectivity index (χ2v) is 6.81. The standard InChI is InChI=1S/C13H16FNO4S/c1-9-3-2-4-11(12(9)14)20(18,19)15-7-5-10(6-8-15)13(16)17/h2-4,10H,5-8H2,1H3,(H,16,17). The molecule has 0 amide bonds. The van der Waals surface area contributed by atoms with Gasteiger partial charge in [-0.15, -0.1) is 0 Å². The first-order valence-electron chi connectivity index (χ1n) is 6.32. The molecule has 20 heavy (non-hydrogen) atoms. The summed E-state index contributed by atoms with van der Waals surface area (Å²) in [6.45, 7) is 1.71. The van der Waals surface area contributed by atoms with Crippen molar-refractivity contribution in [3.63, 3.8) is 0 Å². The van der Waals surface area contributed by atoms with Crippen LogP contribution in [0.25, 0.3) is 0 Å². The van der Waals surface area contributed by atoms with E-state index in [1.807, 2.05) is 0 Å². The number of halogens is 1. The van der Waals surface area contributed by atoms with Crippen LogP contribution in [0.1, 0.15) is 18.4 Å². The molecule has 1 N–H and O–H groups in total. The van der Waals surface area contributed by atoms with Gasteiger partial charge in [-0.1, -0.05) is 12.1 Å². The molecule has 1 saturated heterocycles. The van der Waals surface area contributed by atoms with E-state index in [0.717, 1.165) is 4.31 Å². The molecule has 5 nitrogen and oxygen atoms in total. The van der Waals surface area contributed by atoms with Crippen LogP contribution < -0.4 is 0 Å². The second kappa shape index (κ2) is 5.49. The molecule has 0 saturated carbocycles. The Bertz CT molecular complexity index is 621. The Morgan fingerprint density at radius 3 is 2.50 bits per heavy atom. The van der Waals surface area contributed by atoms with E-state index in [1.165, 1.54) is 25.1 Å². The van der Waals surface area contributed by atoms with Gasteiger partial charge in [-0.05, 0) is 31.4 Å². The Morgan fingerprint density at radius 1 is 1.35 bits per heavy atom. The summed E-state index contributed by atoms with van der Waals surface area (Å²) in [4.78, 5) is 10.5. The summed E-state index contributed by atoms with van der Waals surface area (Å²) >= 11 is 0. The minimum atomic E-state index is -3.90. The molecule has 1 fully saturated rings. The van der Waals surface area contributed by atoms with Gasteiger partial charge >= 0.3 is 5.97 Å². The monoisotopic (exact) mass is 301 g/mol. The fourth-order valence-corrected chi connectivity index (χ4v) is 3.91. The van der Waals surface area contributed by atoms with Gasteiger partial charge in [0.1, 0.15) is 10.7 Å². The van der Waals surface area contributed by atoms with Gasteiger partial charge in [0.25, 0.3) is 0 Å². The molecule has 0 aliphatic carbocycles. The molecule has 2 rings (SSSR count). The molecule has 0 spiro atoms. The molecule has 0 atom stereocenters. The highest BCUT2D eigenvalue weighted by Crippen LogP contribution is 2.26. The molecule has 1 heterocycles. The Labute approximate surface area is 117 Å². The highest BCUT2D eigenvalue weighted by molar-refractivity contribution is 7.89. The van der Waals surface area contributed by atoms with Crippen LogP contribution in [0, 0.1) is 18.7 Å². The highest BCUT2D eigenvalue weighted by atomic mass is 32.2. The van der Waals surface area contributed by atoms with Gasteiger partial charge in [0.2, 0.25) is 10.0 Å². The van der Waals surface area contributed by atoms with E-state index in [0.29, 0.717) is 0 Å². The van der Waals surface area contributed by atoms with Gasteiger partial charge in [0, 0.05) is 13.1 Å². The number of hydrogen-bond donors (Lipinski definition) is 1. The van der Waals surface area contributed by atoms with Gasteiger partial charge in [-0.25, -0.2) is 12.8 Å². The molecule has 7 heteroatoms. The van der Waals surface area contributed by atoms with E-state index in [-0.39, 0.29) is 36.4 Å². The lowest BCUT2D eigenvalue weighted by molar-refractivity contribution is -0.142. The van der Waals surface area contributed by atoms with Crippen molar-refractivity contribution in [3.05, 3.63) is 29.6 Å². The van der Waals surface area contributed by atoms with Crippen LogP contribution in [0.15, 0.2) is 23.1 Å². The molecular formula is C13H16FNO4S. The molecule has 0 radical (unpaired) electrons. The number of aryl methyl sites for hydroxylation is 1. The molecule has 1 aromatic rings. The molecule has 0 aromatic heterocycles. The van der Waals surface area contributed by atoms with Gasteiger partial charge in [-0.2, -0.15) is 4.31 Å². The summed E-state index contributed by atoms with van der Waals surface area (Å²) in [5, 5.41) is 8.90. The first-order valence-corrected chi connectivity index (χ1v) is 7.76. The quantitative estimate of drug-likeness (QED) is 0.920. The highest BCUT2D eigenvalue weighted by Gasteiger charge is 2.33. The van der Waals surface area contributed by atoms with Gasteiger partial charge < -0.3 is 5.11 Å². The van der Waals surface area contributed by atoms with E-state index in [2.05, 4.69) is 0 Å². The minimum absolute atomic E-state index is 0.104. The second-order valence-electron chi connectivity index (χ2n) is 4.90. The van der Waals surface area contributed by atoms with Crippen molar-refractivity contribution >= 4 is 16.0 Å². The van der Waals surface area contributed by atoms with Crippen LogP contribution >= 0.6 is 0 Å². The molecule has 0 unspecified atom stereocenters. The van der Waals surface area contributed by atoms with E-state index in [9.17, 15) is 17.6 Å². The lowest BCUT2D eigenvalue weighted by atomic mass is 9.99. The number of benzene rings is 1. The van der Waals surface area contributed by atoms with Gasteiger partial charge in [0.15, 0.2) is 0 Å². The molecule has 1 aromatic carbocycles. The van der Waals surface area contributed by atoms with Gasteiger partial charge in [0.05, 0.1) is 5.92 Å². The fourth-order valence-electron chi connectivity index (χ4n) is 2.30. The summed E-state index contributed by atoms with van der Waals surface area (Å²) in [6.07, 6.45) is 0.504. The predicted octanol–water partition coefficient (Wildman–Crippen LogP) is 1.62. The Balaban J connectivity index is 2.24. The summed E-state index contributed by atoms with van der Waals surface area (Å²) in [7, 11) is -3.90. The van der Waals surface area contributed by atoms with Crippen LogP contribution in [0.2, 0.25) is 0 Å². The summed E-state index contributed by atoms with van der Waals surface area (Å²) < 4.78 is 39.9. The first kappa shape index (κ1) is 14.9. The maximum absolute atomic E-state index is 14.0. The van der Waals surface area contributed by atoms with Crippen LogP contribution in [-0.2, 0) is 14.8 Å². The Kier molecular flexibility index (Phi) is 4.10. The zero-order valence-corrected chi connectivity index (χ0v) is 11.9. The van der Waals surface area contributed by atoms with Crippen molar-refractivity contribution < 1.29 is 22.7 Å². The number of aliphatic carboxylic acids is 1. The van der Waals surface area contributed by atoms with Gasteiger partial charge in [-0.3, -0.25) is 4.79 Å². The smallest absolute Gasteiger partial charge is 0.306 e. The third kappa shape index (κ3) is 2.69. The molecule has 110 valence electrons. The fraction of sp³-hybridized carbons (Fsp3) is 0.462. The van der Waals surface area contributed by atoms with Crippen molar-refractivity contribution in [1.82, 2.24) is 4.31 Å². The third-order valence-corrected chi connectivity index (χ3v) is 5.49. The van der Waals surface area contributed by atoms with Crippen molar-refractivity contribution in [1.29, 1.82) is 0 Å². The first-order chi connectivity index (χ1) is 9.34. The van der Waals surface area contributed by atoms with Crippen LogP contribution in [0.5, 0.6) is 0 Å². The Morgan fingerprint density at radius 2 is 1.95 bits per heavy atom. The number of carbonyl (C=O) groups is 1. The van der Waals surface area contributed by atoms with Crippen LogP contribution in [-0.4, -0.2) is 36.9 Å². The van der Waals surface area contributed by atoms with Crippen LogP contribution in [0.4, 0.5) is 4.39 Å². The number of piperidine rings is 1. The number of sulfonamides is 1. The number of nitrogens with zero attached hydrogens (tertiary/aromatic N) is 1. The number of rotatable bonds is 3. The molecule has 1 aliphatic heterocycles. The summed E-state index contributed by atoms with van der Waals surface area (Å²) in [6, 6.07) is 4.24. The largest absolute Gasteiger partial charge is 0.481 e. The zero-order valence-electron chi connectivity index (χ0n) is 11.0. The topological polar surface area (TPSA) is 74.7 Å². The zero-order chi connectivity index (χ0) is 14.9. The molecule has 0 bridgehead atoms. The molecule has 1 aliphatic rings. The van der Waals surface area contributed by atoms with Crippen LogP contribution in [0.3, 0.4) is 0 Å². The minimum Gasteiger partial charge on any atom is -0.481 e. The average Bonchev–Trinajstić information content (AvgIpc) is 2.41. The number of carboxylic acids is 1. The van der Waals surface area contributed by atoms with E-state index >= 15 is 0 Å². The third-order valence-electron chi connectivity index (χ3n) is 3.58. The average molecular weight is 301 g/mol. The van der Waals surface area contributed by atoms with Crippen molar-refractivity contribution in [2.45, 2.75) is 24.7 Å². The van der Waals surface area contributed by atoms with E-state index in [1.54, 1.807) is 0 Å². The van der Waals surface area contributed by atoms with Crippen molar-refractivity contribution in [2.24, 2.45) is 5.92 Å². The maximum atomic E-state index is 14.0. The lowest BCUT2D eigenvalue weighted by Crippen LogP contribution is -2.40. The van der Waals surface area contributed by atoms with Crippen molar-refractivity contribution in [3.8, 4) is 0 Å². The van der Waals surface area contributed by atoms with E-state index < -0.39 is 27.7 Å². The number of carboxylic acid groups (broad SMARTS) is 1. The maximum Gasteiger partial charge on any atom is 0.306 e. The lowest BCUT2D eigenvalue weighted by Gasteiger charge is -2.29. The SMILES string of the molecule is Cc1cccc(S(=O)(=O)N2CCC(C(=O)O)CC2)c1F. The predicted molar refractivity (Wildman–Crippen MR) is 70.3 cm³/mol. The summed E-state index contributed by atoms with van der Waals surface area (Å²) in [5.74, 6) is -2.18. The normalized spacial score (nSPS) is 18.1. The van der Waals surface area contributed by atoms with Crippen molar-refractivity contribution in [2.75, 3.05) is 13.1 Å². The Hall–Kier alpha value is -1.47.